The SMILES string of the molecule is COC(=O)[C@H](c1ccc(-c2ccccc2)cc1)[C@@H]1C=CCCN1. The van der Waals surface area contributed by atoms with Gasteiger partial charge in [0.15, 0.2) is 0 Å². The van der Waals surface area contributed by atoms with Crippen molar-refractivity contribution in [3.63, 3.8) is 0 Å². The Morgan fingerprint density at radius 3 is 2.39 bits per heavy atom. The molecule has 3 rings (SSSR count). The predicted octanol–water partition coefficient (Wildman–Crippen LogP) is 3.53. The number of hydrogen-bond donors (Lipinski definition) is 1. The van der Waals surface area contributed by atoms with Gasteiger partial charge in [0.05, 0.1) is 7.11 Å². The van der Waals surface area contributed by atoms with Gasteiger partial charge in [0.25, 0.3) is 0 Å². The number of nitrogens with one attached hydrogen (secondary N) is 1. The molecule has 2 aromatic rings. The minimum absolute atomic E-state index is 0.0150. The van der Waals surface area contributed by atoms with Crippen molar-refractivity contribution in [2.75, 3.05) is 13.7 Å². The highest BCUT2D eigenvalue weighted by Crippen LogP contribution is 2.27. The third-order valence-corrected chi connectivity index (χ3v) is 4.23. The van der Waals surface area contributed by atoms with E-state index < -0.39 is 0 Å². The van der Waals surface area contributed by atoms with Gasteiger partial charge in [-0.1, -0.05) is 66.7 Å². The molecule has 0 spiro atoms. The van der Waals surface area contributed by atoms with Gasteiger partial charge in [-0.05, 0) is 29.7 Å². The summed E-state index contributed by atoms with van der Waals surface area (Å²) in [6, 6.07) is 18.4. The van der Waals surface area contributed by atoms with Crippen LogP contribution in [0.25, 0.3) is 11.1 Å². The zero-order chi connectivity index (χ0) is 16.1. The Morgan fingerprint density at radius 2 is 1.78 bits per heavy atom. The number of esters is 1. The van der Waals surface area contributed by atoms with Crippen molar-refractivity contribution in [3.8, 4) is 11.1 Å². The monoisotopic (exact) mass is 307 g/mol. The summed E-state index contributed by atoms with van der Waals surface area (Å²) >= 11 is 0. The molecule has 0 unspecified atom stereocenters. The molecule has 2 aromatic carbocycles. The van der Waals surface area contributed by atoms with Crippen LogP contribution in [0, 0.1) is 0 Å². The normalized spacial score (nSPS) is 18.4. The number of carbonyl (C=O) groups excluding carboxylic acids is 1. The van der Waals surface area contributed by atoms with Crippen molar-refractivity contribution >= 4 is 5.97 Å². The van der Waals surface area contributed by atoms with Gasteiger partial charge in [-0.15, -0.1) is 0 Å². The third kappa shape index (κ3) is 3.51. The van der Waals surface area contributed by atoms with E-state index >= 15 is 0 Å². The summed E-state index contributed by atoms with van der Waals surface area (Å²) in [5, 5.41) is 3.39. The second kappa shape index (κ2) is 7.25. The van der Waals surface area contributed by atoms with Crippen LogP contribution in [0.15, 0.2) is 66.7 Å². The lowest BCUT2D eigenvalue weighted by atomic mass is 9.88. The molecule has 1 N–H and O–H groups in total. The lowest BCUT2D eigenvalue weighted by molar-refractivity contribution is -0.142. The lowest BCUT2D eigenvalue weighted by Crippen LogP contribution is -2.39. The molecule has 0 radical (unpaired) electrons. The Morgan fingerprint density at radius 1 is 1.09 bits per heavy atom. The molecule has 3 nitrogen and oxygen atoms in total. The molecule has 1 aliphatic rings. The largest absolute Gasteiger partial charge is 0.468 e. The standard InChI is InChI=1S/C20H21NO2/c1-23-20(22)19(18-9-5-6-14-21-18)17-12-10-16(11-13-17)15-7-3-2-4-8-15/h2-5,7-13,18-19,21H,6,14H2,1H3/t18-,19+/m0/s1. The first-order chi connectivity index (χ1) is 11.3. The first-order valence-electron chi connectivity index (χ1n) is 7.93. The van der Waals surface area contributed by atoms with Gasteiger partial charge in [-0.25, -0.2) is 0 Å². The van der Waals surface area contributed by atoms with E-state index in [1.165, 1.54) is 12.7 Å². The summed E-state index contributed by atoms with van der Waals surface area (Å²) in [7, 11) is 1.44. The highest BCUT2D eigenvalue weighted by atomic mass is 16.5. The van der Waals surface area contributed by atoms with Crippen LogP contribution in [-0.4, -0.2) is 25.7 Å². The van der Waals surface area contributed by atoms with E-state index in [4.69, 9.17) is 4.74 Å². The third-order valence-electron chi connectivity index (χ3n) is 4.23. The average Bonchev–Trinajstić information content (AvgIpc) is 2.64. The number of ether oxygens (including phenoxy) is 1. The van der Waals surface area contributed by atoms with Gasteiger partial charge in [0, 0.05) is 6.04 Å². The molecule has 1 heterocycles. The number of carbonyl (C=O) groups is 1. The fourth-order valence-electron chi connectivity index (χ4n) is 3.00. The van der Waals surface area contributed by atoms with Crippen LogP contribution in [0.3, 0.4) is 0 Å². The fraction of sp³-hybridized carbons (Fsp3) is 0.250. The Hall–Kier alpha value is -2.39. The Labute approximate surface area is 137 Å². The topological polar surface area (TPSA) is 38.3 Å². The van der Waals surface area contributed by atoms with E-state index in [1.807, 2.05) is 30.3 Å². The summed E-state index contributed by atoms with van der Waals surface area (Å²) in [5.41, 5.74) is 3.29. The molecular weight excluding hydrogens is 286 g/mol. The van der Waals surface area contributed by atoms with E-state index in [0.29, 0.717) is 0 Å². The second-order valence-electron chi connectivity index (χ2n) is 5.69. The lowest BCUT2D eigenvalue weighted by Gasteiger charge is -2.26. The van der Waals surface area contributed by atoms with E-state index in [1.54, 1.807) is 0 Å². The minimum atomic E-state index is -0.318. The van der Waals surface area contributed by atoms with Crippen LogP contribution in [0.1, 0.15) is 17.9 Å². The van der Waals surface area contributed by atoms with Gasteiger partial charge in [0.1, 0.15) is 5.92 Å². The zero-order valence-electron chi connectivity index (χ0n) is 13.2. The van der Waals surface area contributed by atoms with E-state index in [9.17, 15) is 4.79 Å². The molecular formula is C20H21NO2. The molecule has 2 atom stereocenters. The van der Waals surface area contributed by atoms with Gasteiger partial charge in [-0.3, -0.25) is 4.79 Å². The van der Waals surface area contributed by atoms with E-state index in [2.05, 4.69) is 41.7 Å². The number of hydrogen-bond acceptors (Lipinski definition) is 3. The number of methoxy groups -OCH3 is 1. The van der Waals surface area contributed by atoms with Gasteiger partial charge in [-0.2, -0.15) is 0 Å². The van der Waals surface area contributed by atoms with Crippen molar-refractivity contribution in [2.45, 2.75) is 18.4 Å². The highest BCUT2D eigenvalue weighted by molar-refractivity contribution is 5.80. The van der Waals surface area contributed by atoms with Crippen LogP contribution in [0.4, 0.5) is 0 Å². The molecule has 1 aliphatic heterocycles. The minimum Gasteiger partial charge on any atom is -0.468 e. The fourth-order valence-corrected chi connectivity index (χ4v) is 3.00. The van der Waals surface area contributed by atoms with Crippen LogP contribution < -0.4 is 5.32 Å². The zero-order valence-corrected chi connectivity index (χ0v) is 13.2. The van der Waals surface area contributed by atoms with Crippen LogP contribution in [0.5, 0.6) is 0 Å². The Bertz CT molecular complexity index is 677. The van der Waals surface area contributed by atoms with E-state index in [0.717, 1.165) is 24.1 Å². The maximum atomic E-state index is 12.3. The van der Waals surface area contributed by atoms with Gasteiger partial charge in [0.2, 0.25) is 0 Å². The Kier molecular flexibility index (Phi) is 4.89. The maximum absolute atomic E-state index is 12.3. The van der Waals surface area contributed by atoms with Crippen molar-refractivity contribution in [2.24, 2.45) is 0 Å². The summed E-state index contributed by atoms with van der Waals surface area (Å²) < 4.78 is 5.02. The van der Waals surface area contributed by atoms with Crippen molar-refractivity contribution in [3.05, 3.63) is 72.3 Å². The smallest absolute Gasteiger partial charge is 0.315 e. The quantitative estimate of drug-likeness (QED) is 0.694. The summed E-state index contributed by atoms with van der Waals surface area (Å²) in [6.07, 6.45) is 5.18. The molecule has 3 heteroatoms. The molecule has 0 amide bonds. The van der Waals surface area contributed by atoms with Crippen molar-refractivity contribution in [1.82, 2.24) is 5.32 Å². The first-order valence-corrected chi connectivity index (χ1v) is 7.93. The van der Waals surface area contributed by atoms with Crippen LogP contribution in [-0.2, 0) is 9.53 Å². The van der Waals surface area contributed by atoms with Gasteiger partial charge < -0.3 is 10.1 Å². The van der Waals surface area contributed by atoms with Crippen molar-refractivity contribution < 1.29 is 9.53 Å². The molecule has 118 valence electrons. The molecule has 23 heavy (non-hydrogen) atoms. The summed E-state index contributed by atoms with van der Waals surface area (Å²) in [6.45, 7) is 0.886. The van der Waals surface area contributed by atoms with Crippen molar-refractivity contribution in [1.29, 1.82) is 0 Å². The molecule has 0 saturated heterocycles. The Balaban J connectivity index is 1.89. The molecule has 0 bridgehead atoms. The molecule has 0 aliphatic carbocycles. The van der Waals surface area contributed by atoms with E-state index in [-0.39, 0.29) is 17.9 Å². The summed E-state index contributed by atoms with van der Waals surface area (Å²) in [4.78, 5) is 12.3. The number of benzene rings is 2. The predicted molar refractivity (Wildman–Crippen MR) is 92.2 cm³/mol. The molecule has 0 saturated carbocycles. The molecule has 0 aromatic heterocycles. The average molecular weight is 307 g/mol. The second-order valence-corrected chi connectivity index (χ2v) is 5.69. The first kappa shape index (κ1) is 15.5. The molecule has 0 fully saturated rings. The number of rotatable bonds is 4. The van der Waals surface area contributed by atoms with Crippen LogP contribution in [0.2, 0.25) is 0 Å². The maximum Gasteiger partial charge on any atom is 0.315 e. The summed E-state index contributed by atoms with van der Waals surface area (Å²) in [5.74, 6) is -0.525. The van der Waals surface area contributed by atoms with Gasteiger partial charge >= 0.3 is 5.97 Å². The van der Waals surface area contributed by atoms with Crippen LogP contribution >= 0.6 is 0 Å². The highest BCUT2D eigenvalue weighted by Gasteiger charge is 2.29.